The Labute approximate surface area is 557 Å². The molecule has 0 aliphatic carbocycles. The maximum Gasteiger partial charge on any atom is 0.128 e. The van der Waals surface area contributed by atoms with Crippen molar-refractivity contribution in [2.24, 2.45) is 0 Å². The smallest absolute Gasteiger partial charge is 0.128 e. The van der Waals surface area contributed by atoms with Gasteiger partial charge >= 0.3 is 0 Å². The third-order valence-corrected chi connectivity index (χ3v) is 17.7. The van der Waals surface area contributed by atoms with Crippen molar-refractivity contribution in [3.8, 4) is 17.2 Å². The number of methoxy groups -OCH3 is 3. The van der Waals surface area contributed by atoms with Gasteiger partial charge in [0.25, 0.3) is 0 Å². The average molecular weight is 1280 g/mol. The number of carbonyl (C=O) groups excluding carboxylic acids is 3. The first-order valence-corrected chi connectivity index (χ1v) is 33.7. The normalized spacial score (nSPS) is 12.1. The van der Waals surface area contributed by atoms with Crippen LogP contribution in [0.2, 0.25) is 0 Å². The molecule has 94 heavy (non-hydrogen) atoms. The fourth-order valence-corrected chi connectivity index (χ4v) is 12.8. The van der Waals surface area contributed by atoms with Crippen molar-refractivity contribution in [2.75, 3.05) is 42.5 Å². The molecular formula is C81H101N3O10. The molecule has 0 radical (unpaired) electrons. The first kappa shape index (κ1) is 74.4. The van der Waals surface area contributed by atoms with E-state index in [9.17, 15) is 29.7 Å². The lowest BCUT2D eigenvalue weighted by molar-refractivity contribution is -0.671. The molecule has 0 heterocycles. The fraction of sp³-hybridized carbons (Fsp3) is 0.370. The molecule has 0 aliphatic heterocycles. The van der Waals surface area contributed by atoms with E-state index in [4.69, 9.17) is 19.3 Å². The molecule has 13 heteroatoms. The molecule has 0 aromatic heterocycles. The van der Waals surface area contributed by atoms with E-state index in [-0.39, 0.29) is 0 Å². The summed E-state index contributed by atoms with van der Waals surface area (Å²) in [6, 6.07) is 67.6. The van der Waals surface area contributed by atoms with Gasteiger partial charge in [0.15, 0.2) is 0 Å². The number of fused-ring (bicyclic) bond motifs is 3. The number of benzene rings is 9. The second-order valence-electron chi connectivity index (χ2n) is 24.3. The van der Waals surface area contributed by atoms with E-state index < -0.39 is 36.4 Å². The van der Waals surface area contributed by atoms with Crippen LogP contribution in [-0.4, -0.2) is 71.1 Å². The number of hydrogen-bond acceptors (Lipinski definition) is 10. The van der Waals surface area contributed by atoms with Gasteiger partial charge in [0.05, 0.1) is 65.1 Å². The molecule has 7 N–H and O–H groups in total. The molecule has 3 unspecified atom stereocenters. The summed E-state index contributed by atoms with van der Waals surface area (Å²) in [5, 5.41) is 54.2. The van der Waals surface area contributed by atoms with Crippen molar-refractivity contribution in [3.05, 3.63) is 232 Å². The number of carboxylic acid groups (broad SMARTS) is 3. The van der Waals surface area contributed by atoms with Crippen molar-refractivity contribution < 1.29 is 65.0 Å². The van der Waals surface area contributed by atoms with E-state index in [1.54, 1.807) is 21.3 Å². The van der Waals surface area contributed by atoms with Gasteiger partial charge in [-0.25, -0.2) is 0 Å². The van der Waals surface area contributed by atoms with Crippen molar-refractivity contribution in [2.45, 2.75) is 154 Å². The maximum absolute atomic E-state index is 10.1. The number of aryl methyl sites for hydroxylation is 6. The average Bonchev–Trinajstić information content (AvgIpc) is 1.49. The predicted molar refractivity (Wildman–Crippen MR) is 373 cm³/mol. The number of aliphatic carboxylic acids is 3. The van der Waals surface area contributed by atoms with E-state index in [0.29, 0.717) is 18.1 Å². The summed E-state index contributed by atoms with van der Waals surface area (Å²) in [7, 11) is 11.7. The maximum atomic E-state index is 10.1. The van der Waals surface area contributed by atoms with Crippen molar-refractivity contribution in [3.63, 3.8) is 0 Å². The second kappa shape index (κ2) is 39.2. The minimum atomic E-state index is -2.97. The van der Waals surface area contributed by atoms with Gasteiger partial charge in [-0.1, -0.05) is 186 Å². The molecule has 0 saturated heterocycles. The SMILES string of the molecule is CCCc1ccc2c(CCCC([NH2+]C)c3ccccc3OC)cccc2c1.CCCc1ccc2c(CCCC([NH2+]C)c3ccccc3OC)cccc2c1.CCCc1ccc2c(CCCC([NH2+]C)c3ccccc3OC)cccc2c1.O=C([O-])CC(O)(CC(=O)[O-])C(=O)[O-]. The van der Waals surface area contributed by atoms with Gasteiger partial charge in [-0.05, 0) is 160 Å². The molecule has 500 valence electrons. The lowest BCUT2D eigenvalue weighted by Crippen LogP contribution is -2.80. The minimum absolute atomic E-state index is 0.437. The van der Waals surface area contributed by atoms with Gasteiger partial charge in [-0.3, -0.25) is 0 Å². The number of ether oxygens (including phenoxy) is 3. The Morgan fingerprint density at radius 3 is 0.936 bits per heavy atom. The van der Waals surface area contributed by atoms with E-state index in [1.165, 1.54) is 121 Å². The zero-order valence-electron chi connectivity index (χ0n) is 56.9. The Bertz CT molecular complexity index is 3440. The monoisotopic (exact) mass is 1280 g/mol. The van der Waals surface area contributed by atoms with Crippen LogP contribution in [0.15, 0.2) is 182 Å². The van der Waals surface area contributed by atoms with Crippen LogP contribution >= 0.6 is 0 Å². The quantitative estimate of drug-likeness (QED) is 0.0313. The fourth-order valence-electron chi connectivity index (χ4n) is 12.8. The number of aliphatic hydroxyl groups is 1. The zero-order chi connectivity index (χ0) is 67.8. The Hall–Kier alpha value is -8.59. The van der Waals surface area contributed by atoms with Crippen LogP contribution in [0.25, 0.3) is 32.3 Å². The van der Waals surface area contributed by atoms with Gasteiger partial charge < -0.3 is 65.0 Å². The molecular weight excluding hydrogens is 1170 g/mol. The summed E-state index contributed by atoms with van der Waals surface area (Å²) in [5.74, 6) is -3.00. The highest BCUT2D eigenvalue weighted by atomic mass is 16.5. The van der Waals surface area contributed by atoms with Crippen molar-refractivity contribution >= 4 is 50.2 Å². The van der Waals surface area contributed by atoms with Crippen LogP contribution < -0.4 is 45.5 Å². The summed E-state index contributed by atoms with van der Waals surface area (Å²) in [6.07, 6.45) is 14.6. The molecule has 9 aromatic rings. The van der Waals surface area contributed by atoms with Crippen LogP contribution in [0.4, 0.5) is 0 Å². The van der Waals surface area contributed by atoms with Gasteiger partial charge in [0, 0.05) is 44.0 Å². The Balaban J connectivity index is 0.000000205. The third kappa shape index (κ3) is 22.0. The van der Waals surface area contributed by atoms with Gasteiger partial charge in [-0.2, -0.15) is 0 Å². The summed E-state index contributed by atoms with van der Waals surface area (Å²) in [5.41, 5.74) is 9.63. The van der Waals surface area contributed by atoms with E-state index >= 15 is 0 Å². The van der Waals surface area contributed by atoms with Gasteiger partial charge in [0.2, 0.25) is 0 Å². The highest BCUT2D eigenvalue weighted by molar-refractivity contribution is 5.88. The van der Waals surface area contributed by atoms with E-state index in [2.05, 4.69) is 222 Å². The lowest BCUT2D eigenvalue weighted by Gasteiger charge is -2.29. The standard InChI is InChI=1S/3C25H31NO.C6H8O7/c3*1-4-9-19-16-17-22-20(10-7-12-21(22)18-19)11-8-14-24(26-2)23-13-5-6-15-25(23)27-3;7-3(8)1-6(13,5(11)12)2-4(9)10/h3*5-7,10,12-13,15-18,24,26H,4,8-9,11,14H2,1-3H3;13H,1-2H2,(H,7,8)(H,9,10)(H,11,12). The summed E-state index contributed by atoms with van der Waals surface area (Å²) in [4.78, 5) is 30.0. The number of para-hydroxylation sites is 3. The van der Waals surface area contributed by atoms with Crippen molar-refractivity contribution in [1.82, 2.24) is 0 Å². The zero-order valence-corrected chi connectivity index (χ0v) is 56.9. The third-order valence-electron chi connectivity index (χ3n) is 17.7. The number of nitrogens with two attached hydrogens (primary N) is 3. The van der Waals surface area contributed by atoms with Crippen LogP contribution in [0.5, 0.6) is 17.2 Å². The van der Waals surface area contributed by atoms with Gasteiger partial charge in [-0.15, -0.1) is 0 Å². The lowest BCUT2D eigenvalue weighted by atomic mass is 9.95. The molecule has 3 atom stereocenters. The first-order chi connectivity index (χ1) is 45.6. The number of hydrogen-bond donors (Lipinski definition) is 4. The first-order valence-electron chi connectivity index (χ1n) is 33.7. The molecule has 0 spiro atoms. The molecule has 9 aromatic carbocycles. The molecule has 9 rings (SSSR count). The molecule has 0 aliphatic rings. The van der Waals surface area contributed by atoms with Crippen LogP contribution in [0.1, 0.15) is 160 Å². The Morgan fingerprint density at radius 1 is 0.404 bits per heavy atom. The highest BCUT2D eigenvalue weighted by Crippen LogP contribution is 2.32. The number of carboxylic acids is 3. The summed E-state index contributed by atoms with van der Waals surface area (Å²) >= 11 is 0. The predicted octanol–water partition coefficient (Wildman–Crippen LogP) is 9.92. The second-order valence-corrected chi connectivity index (χ2v) is 24.3. The van der Waals surface area contributed by atoms with Crippen molar-refractivity contribution in [1.29, 1.82) is 0 Å². The highest BCUT2D eigenvalue weighted by Gasteiger charge is 2.29. The number of quaternary nitrogens is 3. The Kier molecular flexibility index (Phi) is 31.0. The minimum Gasteiger partial charge on any atom is -0.550 e. The van der Waals surface area contributed by atoms with Gasteiger partial charge in [0.1, 0.15) is 41.0 Å². The van der Waals surface area contributed by atoms with E-state index in [1.807, 2.05) is 18.2 Å². The molecule has 13 nitrogen and oxygen atoms in total. The molecule has 0 amide bonds. The molecule has 0 saturated carbocycles. The Morgan fingerprint density at radius 2 is 0.691 bits per heavy atom. The largest absolute Gasteiger partial charge is 0.550 e. The van der Waals surface area contributed by atoms with Crippen LogP contribution in [-0.2, 0) is 52.9 Å². The number of rotatable bonds is 32. The summed E-state index contributed by atoms with van der Waals surface area (Å²) in [6.45, 7) is 6.72. The number of carbonyl (C=O) groups is 3. The topological polar surface area (TPSA) is 218 Å². The summed E-state index contributed by atoms with van der Waals surface area (Å²) < 4.78 is 16.7. The molecule has 0 fully saturated rings. The molecule has 0 bridgehead atoms. The van der Waals surface area contributed by atoms with Crippen LogP contribution in [0.3, 0.4) is 0 Å². The van der Waals surface area contributed by atoms with E-state index in [0.717, 1.165) is 75.0 Å². The van der Waals surface area contributed by atoms with Crippen LogP contribution in [0, 0.1) is 0 Å².